The van der Waals surface area contributed by atoms with Gasteiger partial charge in [0, 0.05) is 13.2 Å². The van der Waals surface area contributed by atoms with Crippen LogP contribution in [-0.4, -0.2) is 30.4 Å². The van der Waals surface area contributed by atoms with Gasteiger partial charge >= 0.3 is 0 Å². The predicted molar refractivity (Wildman–Crippen MR) is 86.4 cm³/mol. The van der Waals surface area contributed by atoms with Gasteiger partial charge in [-0.3, -0.25) is 0 Å². The monoisotopic (exact) mass is 310 g/mol. The first-order valence-electron chi connectivity index (χ1n) is 7.31. The second kappa shape index (κ2) is 7.14. The second-order valence-corrected chi connectivity index (χ2v) is 5.86. The lowest BCUT2D eigenvalue weighted by atomic mass is 10.1. The first-order valence-corrected chi connectivity index (χ1v) is 7.74. The predicted octanol–water partition coefficient (Wildman–Crippen LogP) is 4.33. The van der Waals surface area contributed by atoms with E-state index in [4.69, 9.17) is 26.1 Å². The number of halogens is 1. The molecule has 116 valence electrons. The fourth-order valence-corrected chi connectivity index (χ4v) is 2.85. The molecule has 0 bridgehead atoms. The molecule has 0 saturated heterocycles. The number of imidazole rings is 1. The Morgan fingerprint density at radius 2 is 2.10 bits per heavy atom. The highest BCUT2D eigenvalue weighted by atomic mass is 35.5. The van der Waals surface area contributed by atoms with E-state index in [1.165, 1.54) is 0 Å². The number of ether oxygens (including phenoxy) is 2. The summed E-state index contributed by atoms with van der Waals surface area (Å²) in [6.45, 7) is 4.77. The van der Waals surface area contributed by atoms with Gasteiger partial charge in [0.15, 0.2) is 0 Å². The summed E-state index contributed by atoms with van der Waals surface area (Å²) in [6.07, 6.45) is 2.10. The fourth-order valence-electron chi connectivity index (χ4n) is 2.70. The molecule has 0 amide bonds. The molecule has 0 fully saturated rings. The fraction of sp³-hybridized carbons (Fsp3) is 0.562. The Labute approximate surface area is 131 Å². The Balaban J connectivity index is 2.62. The zero-order chi connectivity index (χ0) is 15.4. The first-order chi connectivity index (χ1) is 10.1. The number of benzene rings is 1. The van der Waals surface area contributed by atoms with Gasteiger partial charge in [0.05, 0.1) is 36.2 Å². The van der Waals surface area contributed by atoms with Crippen molar-refractivity contribution in [1.82, 2.24) is 9.55 Å². The van der Waals surface area contributed by atoms with Crippen LogP contribution in [0.4, 0.5) is 0 Å². The Hall–Kier alpha value is -1.26. The summed E-state index contributed by atoms with van der Waals surface area (Å²) in [5, 5.41) is -0.153. The van der Waals surface area contributed by atoms with Crippen molar-refractivity contribution in [2.75, 3.05) is 20.8 Å². The third kappa shape index (κ3) is 3.33. The molecule has 2 atom stereocenters. The number of methoxy groups -OCH3 is 2. The smallest absolute Gasteiger partial charge is 0.128 e. The molecular formula is C16H23ClN2O2. The average Bonchev–Trinajstić information content (AvgIpc) is 2.85. The van der Waals surface area contributed by atoms with Gasteiger partial charge in [-0.05, 0) is 25.5 Å². The van der Waals surface area contributed by atoms with E-state index in [1.54, 1.807) is 14.2 Å². The van der Waals surface area contributed by atoms with Crippen LogP contribution in [0.5, 0.6) is 5.75 Å². The Morgan fingerprint density at radius 1 is 1.33 bits per heavy atom. The topological polar surface area (TPSA) is 36.3 Å². The van der Waals surface area contributed by atoms with Crippen molar-refractivity contribution in [3.8, 4) is 5.75 Å². The van der Waals surface area contributed by atoms with Gasteiger partial charge in [-0.2, -0.15) is 0 Å². The second-order valence-electron chi connectivity index (χ2n) is 5.21. The molecule has 4 nitrogen and oxygen atoms in total. The van der Waals surface area contributed by atoms with Crippen molar-refractivity contribution in [1.29, 1.82) is 0 Å². The number of hydrogen-bond acceptors (Lipinski definition) is 3. The van der Waals surface area contributed by atoms with E-state index < -0.39 is 0 Å². The molecule has 2 unspecified atom stereocenters. The lowest BCUT2D eigenvalue weighted by Crippen LogP contribution is -2.17. The summed E-state index contributed by atoms with van der Waals surface area (Å²) >= 11 is 6.34. The number of alkyl halides is 1. The summed E-state index contributed by atoms with van der Waals surface area (Å²) < 4.78 is 12.9. The molecule has 1 aromatic heterocycles. The standard InChI is InChI=1S/C16H23ClN2O2/c1-5-6-12(10-20-3)19-15-9-13(21-4)7-8-14(15)18-16(19)11(2)17/h7-9,11-12H,5-6,10H2,1-4H3. The van der Waals surface area contributed by atoms with Gasteiger partial charge in [-0.15, -0.1) is 11.6 Å². The third-order valence-electron chi connectivity index (χ3n) is 3.63. The van der Waals surface area contributed by atoms with Crippen molar-refractivity contribution < 1.29 is 9.47 Å². The molecule has 2 rings (SSSR count). The molecule has 0 aliphatic rings. The maximum Gasteiger partial charge on any atom is 0.128 e. The molecular weight excluding hydrogens is 288 g/mol. The van der Waals surface area contributed by atoms with Gasteiger partial charge in [-0.25, -0.2) is 4.98 Å². The number of aromatic nitrogens is 2. The van der Waals surface area contributed by atoms with Crippen molar-refractivity contribution in [3.05, 3.63) is 24.0 Å². The maximum atomic E-state index is 6.34. The van der Waals surface area contributed by atoms with Gasteiger partial charge in [0.25, 0.3) is 0 Å². The zero-order valence-electron chi connectivity index (χ0n) is 13.1. The Bertz CT molecular complexity index is 589. The van der Waals surface area contributed by atoms with E-state index in [9.17, 15) is 0 Å². The van der Waals surface area contributed by atoms with E-state index >= 15 is 0 Å². The van der Waals surface area contributed by atoms with Gasteiger partial charge in [0.2, 0.25) is 0 Å². The van der Waals surface area contributed by atoms with Crippen LogP contribution in [0.3, 0.4) is 0 Å². The van der Waals surface area contributed by atoms with E-state index in [1.807, 2.05) is 25.1 Å². The largest absolute Gasteiger partial charge is 0.497 e. The highest BCUT2D eigenvalue weighted by Crippen LogP contribution is 2.31. The minimum atomic E-state index is -0.153. The molecule has 1 aromatic carbocycles. The number of rotatable bonds is 7. The third-order valence-corrected chi connectivity index (χ3v) is 3.82. The molecule has 0 N–H and O–H groups in total. The molecule has 0 aliphatic heterocycles. The van der Waals surface area contributed by atoms with Crippen LogP contribution in [0, 0.1) is 0 Å². The lowest BCUT2D eigenvalue weighted by Gasteiger charge is -2.21. The van der Waals surface area contributed by atoms with Crippen LogP contribution in [0.1, 0.15) is 43.9 Å². The average molecular weight is 311 g/mol. The molecule has 1 heterocycles. The molecule has 0 spiro atoms. The van der Waals surface area contributed by atoms with E-state index in [0.717, 1.165) is 35.4 Å². The maximum absolute atomic E-state index is 6.34. The van der Waals surface area contributed by atoms with Crippen LogP contribution in [0.25, 0.3) is 11.0 Å². The van der Waals surface area contributed by atoms with Crippen LogP contribution >= 0.6 is 11.6 Å². The Kier molecular flexibility index (Phi) is 5.48. The van der Waals surface area contributed by atoms with Crippen LogP contribution in [-0.2, 0) is 4.74 Å². The summed E-state index contributed by atoms with van der Waals surface area (Å²) in [6, 6.07) is 6.15. The van der Waals surface area contributed by atoms with Crippen molar-refractivity contribution in [2.24, 2.45) is 0 Å². The molecule has 0 aliphatic carbocycles. The zero-order valence-corrected chi connectivity index (χ0v) is 13.9. The summed E-state index contributed by atoms with van der Waals surface area (Å²) in [7, 11) is 3.40. The normalized spacial score (nSPS) is 14.3. The lowest BCUT2D eigenvalue weighted by molar-refractivity contribution is 0.150. The minimum Gasteiger partial charge on any atom is -0.497 e. The van der Waals surface area contributed by atoms with E-state index in [2.05, 4.69) is 11.5 Å². The first kappa shape index (κ1) is 16.1. The molecule has 0 radical (unpaired) electrons. The highest BCUT2D eigenvalue weighted by molar-refractivity contribution is 6.20. The molecule has 21 heavy (non-hydrogen) atoms. The highest BCUT2D eigenvalue weighted by Gasteiger charge is 2.21. The number of nitrogens with zero attached hydrogens (tertiary/aromatic N) is 2. The van der Waals surface area contributed by atoms with Gasteiger partial charge in [0.1, 0.15) is 11.6 Å². The van der Waals surface area contributed by atoms with Crippen molar-refractivity contribution >= 4 is 22.6 Å². The summed E-state index contributed by atoms with van der Waals surface area (Å²) in [5.74, 6) is 1.71. The number of hydrogen-bond donors (Lipinski definition) is 0. The van der Waals surface area contributed by atoms with Crippen LogP contribution in [0.2, 0.25) is 0 Å². The SMILES string of the molecule is CCCC(COC)n1c(C(C)Cl)nc2ccc(OC)cc21. The van der Waals surface area contributed by atoms with Crippen LogP contribution < -0.4 is 4.74 Å². The molecule has 2 aromatic rings. The van der Waals surface area contributed by atoms with E-state index in [0.29, 0.717) is 6.61 Å². The summed E-state index contributed by atoms with van der Waals surface area (Å²) in [4.78, 5) is 4.69. The summed E-state index contributed by atoms with van der Waals surface area (Å²) in [5.41, 5.74) is 1.99. The Morgan fingerprint density at radius 3 is 2.67 bits per heavy atom. The molecule has 5 heteroatoms. The van der Waals surface area contributed by atoms with Crippen molar-refractivity contribution in [2.45, 2.75) is 38.1 Å². The van der Waals surface area contributed by atoms with E-state index in [-0.39, 0.29) is 11.4 Å². The van der Waals surface area contributed by atoms with Gasteiger partial charge in [-0.1, -0.05) is 13.3 Å². The minimum absolute atomic E-state index is 0.153. The number of fused-ring (bicyclic) bond motifs is 1. The van der Waals surface area contributed by atoms with Crippen molar-refractivity contribution in [3.63, 3.8) is 0 Å². The van der Waals surface area contributed by atoms with Gasteiger partial charge < -0.3 is 14.0 Å². The molecule has 0 saturated carbocycles. The van der Waals surface area contributed by atoms with Crippen LogP contribution in [0.15, 0.2) is 18.2 Å². The quantitative estimate of drug-likeness (QED) is 0.714.